The summed E-state index contributed by atoms with van der Waals surface area (Å²) in [6.07, 6.45) is 1.46. The first-order valence-corrected chi connectivity index (χ1v) is 8.37. The summed E-state index contributed by atoms with van der Waals surface area (Å²) in [7, 11) is 1.50. The monoisotopic (exact) mass is 370 g/mol. The van der Waals surface area contributed by atoms with Crippen LogP contribution in [0.15, 0.2) is 42.0 Å². The summed E-state index contributed by atoms with van der Waals surface area (Å²) in [6, 6.07) is 12.5. The number of nitrogens with one attached hydrogen (secondary N) is 1. The van der Waals surface area contributed by atoms with Crippen LogP contribution in [0.3, 0.4) is 0 Å². The molecule has 0 aliphatic rings. The molecular formula is C20H19ClN2O3. The van der Waals surface area contributed by atoms with Gasteiger partial charge in [0.15, 0.2) is 11.5 Å². The molecule has 0 saturated carbocycles. The van der Waals surface area contributed by atoms with Gasteiger partial charge in [-0.15, -0.1) is 0 Å². The van der Waals surface area contributed by atoms with Crippen LogP contribution < -0.4 is 14.8 Å². The molecular weight excluding hydrogens is 352 g/mol. The van der Waals surface area contributed by atoms with Crippen LogP contribution in [-0.4, -0.2) is 19.6 Å². The molecule has 2 aromatic rings. The van der Waals surface area contributed by atoms with Gasteiger partial charge >= 0.3 is 0 Å². The first kappa shape index (κ1) is 19.4. The maximum atomic E-state index is 12.4. The Kier molecular flexibility index (Phi) is 6.65. The molecule has 5 nitrogen and oxygen atoms in total. The standard InChI is InChI=1S/C20H19ClN2O3/c1-4-26-19-16(21)10-14(11-18(19)25-3)9-15(12-22)20(24)23-17-8-6-5-7-13(17)2/h5-11H,4H2,1-3H3,(H,23,24)/b15-9-. The molecule has 134 valence electrons. The third-order valence-electron chi connectivity index (χ3n) is 3.61. The molecule has 0 atom stereocenters. The maximum Gasteiger partial charge on any atom is 0.266 e. The molecule has 2 aromatic carbocycles. The quantitative estimate of drug-likeness (QED) is 0.595. The highest BCUT2D eigenvalue weighted by atomic mass is 35.5. The highest BCUT2D eigenvalue weighted by Gasteiger charge is 2.14. The summed E-state index contributed by atoms with van der Waals surface area (Å²) in [6.45, 7) is 4.16. The molecule has 0 unspecified atom stereocenters. The van der Waals surface area contributed by atoms with Gasteiger partial charge in [0, 0.05) is 5.69 Å². The molecule has 0 spiro atoms. The van der Waals surface area contributed by atoms with E-state index in [4.69, 9.17) is 21.1 Å². The van der Waals surface area contributed by atoms with Crippen LogP contribution in [0.1, 0.15) is 18.1 Å². The molecule has 0 bridgehead atoms. The smallest absolute Gasteiger partial charge is 0.266 e. The van der Waals surface area contributed by atoms with Gasteiger partial charge in [0.25, 0.3) is 5.91 Å². The summed E-state index contributed by atoms with van der Waals surface area (Å²) in [5.41, 5.74) is 2.08. The van der Waals surface area contributed by atoms with Crippen molar-refractivity contribution in [2.24, 2.45) is 0 Å². The Hall–Kier alpha value is -2.97. The van der Waals surface area contributed by atoms with E-state index in [2.05, 4.69) is 5.32 Å². The summed E-state index contributed by atoms with van der Waals surface area (Å²) < 4.78 is 10.7. The van der Waals surface area contributed by atoms with Gasteiger partial charge in [-0.05, 0) is 49.2 Å². The molecule has 6 heteroatoms. The Morgan fingerprint density at radius 3 is 2.69 bits per heavy atom. The fourth-order valence-corrected chi connectivity index (χ4v) is 2.60. The zero-order chi connectivity index (χ0) is 19.1. The molecule has 0 aromatic heterocycles. The van der Waals surface area contributed by atoms with E-state index in [1.165, 1.54) is 13.2 Å². The summed E-state index contributed by atoms with van der Waals surface area (Å²) in [5.74, 6) is 0.365. The van der Waals surface area contributed by atoms with Gasteiger partial charge < -0.3 is 14.8 Å². The van der Waals surface area contributed by atoms with Gasteiger partial charge in [-0.3, -0.25) is 4.79 Å². The molecule has 26 heavy (non-hydrogen) atoms. The lowest BCUT2D eigenvalue weighted by Gasteiger charge is -2.12. The van der Waals surface area contributed by atoms with E-state index in [1.54, 1.807) is 18.2 Å². The lowest BCUT2D eigenvalue weighted by Crippen LogP contribution is -2.14. The second kappa shape index (κ2) is 8.93. The first-order valence-electron chi connectivity index (χ1n) is 7.99. The van der Waals surface area contributed by atoms with Crippen molar-refractivity contribution >= 4 is 29.3 Å². The minimum atomic E-state index is -0.495. The molecule has 0 aliphatic heterocycles. The molecule has 1 N–H and O–H groups in total. The highest BCUT2D eigenvalue weighted by molar-refractivity contribution is 6.32. The van der Waals surface area contributed by atoms with Crippen LogP contribution in [0.25, 0.3) is 6.08 Å². The average molecular weight is 371 g/mol. The number of para-hydroxylation sites is 1. The number of benzene rings is 2. The third-order valence-corrected chi connectivity index (χ3v) is 3.89. The minimum absolute atomic E-state index is 0.0458. The third kappa shape index (κ3) is 4.56. The summed E-state index contributed by atoms with van der Waals surface area (Å²) >= 11 is 6.23. The zero-order valence-electron chi connectivity index (χ0n) is 14.8. The average Bonchev–Trinajstić information content (AvgIpc) is 2.63. The van der Waals surface area contributed by atoms with Gasteiger partial charge in [0.05, 0.1) is 18.7 Å². The van der Waals surface area contributed by atoms with Gasteiger partial charge in [-0.1, -0.05) is 29.8 Å². The van der Waals surface area contributed by atoms with E-state index >= 15 is 0 Å². The zero-order valence-corrected chi connectivity index (χ0v) is 15.6. The van der Waals surface area contributed by atoms with E-state index in [0.29, 0.717) is 34.4 Å². The Balaban J connectivity index is 2.34. The summed E-state index contributed by atoms with van der Waals surface area (Å²) in [5, 5.41) is 12.5. The van der Waals surface area contributed by atoms with Gasteiger partial charge in [0.2, 0.25) is 0 Å². The van der Waals surface area contributed by atoms with E-state index in [9.17, 15) is 10.1 Å². The number of amides is 1. The maximum absolute atomic E-state index is 12.4. The molecule has 0 heterocycles. The molecule has 0 radical (unpaired) electrons. The minimum Gasteiger partial charge on any atom is -0.493 e. The summed E-state index contributed by atoms with van der Waals surface area (Å²) in [4.78, 5) is 12.4. The van der Waals surface area contributed by atoms with Crippen molar-refractivity contribution in [1.29, 1.82) is 5.26 Å². The van der Waals surface area contributed by atoms with E-state index < -0.39 is 5.91 Å². The second-order valence-electron chi connectivity index (χ2n) is 5.41. The van der Waals surface area contributed by atoms with Crippen LogP contribution in [0.2, 0.25) is 5.02 Å². The Labute approximate surface area is 157 Å². The molecule has 1 amide bonds. The van der Waals surface area contributed by atoms with Gasteiger partial charge in [-0.25, -0.2) is 0 Å². The van der Waals surface area contributed by atoms with Crippen molar-refractivity contribution in [2.45, 2.75) is 13.8 Å². The normalized spacial score (nSPS) is 10.8. The SMILES string of the molecule is CCOc1c(Cl)cc(/C=C(/C#N)C(=O)Nc2ccccc2C)cc1OC. The number of carbonyl (C=O) groups excluding carboxylic acids is 1. The van der Waals surface area contributed by atoms with Crippen molar-refractivity contribution < 1.29 is 14.3 Å². The number of hydrogen-bond acceptors (Lipinski definition) is 4. The van der Waals surface area contributed by atoms with Crippen LogP contribution in [0.4, 0.5) is 5.69 Å². The Morgan fingerprint density at radius 2 is 2.08 bits per heavy atom. The number of ether oxygens (including phenoxy) is 2. The predicted octanol–water partition coefficient (Wildman–Crippen LogP) is 4.60. The number of anilines is 1. The number of carbonyl (C=O) groups is 1. The number of rotatable bonds is 6. The van der Waals surface area contributed by atoms with E-state index in [0.717, 1.165) is 5.56 Å². The Bertz CT molecular complexity index is 885. The van der Waals surface area contributed by atoms with Crippen molar-refractivity contribution in [3.63, 3.8) is 0 Å². The van der Waals surface area contributed by atoms with Crippen molar-refractivity contribution in [3.8, 4) is 17.6 Å². The molecule has 0 saturated heterocycles. The largest absolute Gasteiger partial charge is 0.493 e. The van der Waals surface area contributed by atoms with Crippen LogP contribution in [-0.2, 0) is 4.79 Å². The predicted molar refractivity (Wildman–Crippen MR) is 103 cm³/mol. The van der Waals surface area contributed by atoms with Crippen LogP contribution in [0.5, 0.6) is 11.5 Å². The number of methoxy groups -OCH3 is 1. The number of halogens is 1. The fourth-order valence-electron chi connectivity index (χ4n) is 2.33. The molecule has 0 aliphatic carbocycles. The Morgan fingerprint density at radius 1 is 1.35 bits per heavy atom. The molecule has 0 fully saturated rings. The fraction of sp³-hybridized carbons (Fsp3) is 0.200. The van der Waals surface area contributed by atoms with Crippen molar-refractivity contribution in [3.05, 3.63) is 58.1 Å². The number of nitrogens with zero attached hydrogens (tertiary/aromatic N) is 1. The van der Waals surface area contributed by atoms with E-state index in [-0.39, 0.29) is 5.57 Å². The number of nitriles is 1. The van der Waals surface area contributed by atoms with Crippen molar-refractivity contribution in [2.75, 3.05) is 19.0 Å². The molecule has 2 rings (SSSR count). The topological polar surface area (TPSA) is 71.3 Å². The van der Waals surface area contributed by atoms with Crippen molar-refractivity contribution in [1.82, 2.24) is 0 Å². The lowest BCUT2D eigenvalue weighted by molar-refractivity contribution is -0.112. The first-order chi connectivity index (χ1) is 12.5. The second-order valence-corrected chi connectivity index (χ2v) is 5.81. The van der Waals surface area contributed by atoms with Crippen LogP contribution >= 0.6 is 11.6 Å². The van der Waals surface area contributed by atoms with Gasteiger partial charge in [-0.2, -0.15) is 5.26 Å². The number of aryl methyl sites for hydroxylation is 1. The van der Waals surface area contributed by atoms with Crippen LogP contribution in [0, 0.1) is 18.3 Å². The van der Waals surface area contributed by atoms with Gasteiger partial charge in [0.1, 0.15) is 11.6 Å². The highest BCUT2D eigenvalue weighted by Crippen LogP contribution is 2.37. The lowest BCUT2D eigenvalue weighted by atomic mass is 10.1. The van der Waals surface area contributed by atoms with E-state index in [1.807, 2.05) is 38.1 Å². The number of hydrogen-bond donors (Lipinski definition) is 1.